The zero-order valence-electron chi connectivity index (χ0n) is 12.5. The number of fused-ring (bicyclic) bond motifs is 1. The van der Waals surface area contributed by atoms with E-state index >= 15 is 0 Å². The fraction of sp³-hybridized carbons (Fsp3) is 0.250. The highest BCUT2D eigenvalue weighted by atomic mass is 35.5. The van der Waals surface area contributed by atoms with Crippen LogP contribution in [0.3, 0.4) is 0 Å². The summed E-state index contributed by atoms with van der Waals surface area (Å²) in [6.07, 6.45) is -0.787. The van der Waals surface area contributed by atoms with Crippen LogP contribution in [-0.2, 0) is 16.3 Å². The average molecular weight is 393 g/mol. The van der Waals surface area contributed by atoms with E-state index in [1.165, 1.54) is 12.1 Å². The number of ether oxygens (including phenoxy) is 1. The lowest BCUT2D eigenvalue weighted by atomic mass is 10.1. The van der Waals surface area contributed by atoms with Gasteiger partial charge in [-0.25, -0.2) is 12.8 Å². The number of benzene rings is 2. The van der Waals surface area contributed by atoms with Gasteiger partial charge in [0.25, 0.3) is 0 Å². The van der Waals surface area contributed by atoms with Crippen molar-refractivity contribution >= 4 is 21.4 Å². The molecular weight excluding hydrogens is 381 g/mol. The standard InChI is InChI=1S/C16H12ClF3O4S/c17-8-5-9(18)7-10(6-8)24-13-3-4-14(25(22,23)16(19)20)15-11(13)1-2-12(15)21/h3-7,12,16,21H,1-2H2/t12-/m1/s1. The van der Waals surface area contributed by atoms with Gasteiger partial charge in [-0.1, -0.05) is 11.6 Å². The minimum absolute atomic E-state index is 0.0676. The SMILES string of the molecule is O=S(=O)(c1ccc(Oc2cc(F)cc(Cl)c2)c2c1[C@H](O)CC2)C(F)F. The zero-order valence-corrected chi connectivity index (χ0v) is 14.1. The van der Waals surface area contributed by atoms with Gasteiger partial charge in [-0.15, -0.1) is 0 Å². The van der Waals surface area contributed by atoms with E-state index in [0.29, 0.717) is 5.56 Å². The van der Waals surface area contributed by atoms with E-state index < -0.39 is 32.4 Å². The summed E-state index contributed by atoms with van der Waals surface area (Å²) >= 11 is 5.75. The van der Waals surface area contributed by atoms with E-state index in [2.05, 4.69) is 0 Å². The maximum absolute atomic E-state index is 13.4. The second-order valence-electron chi connectivity index (χ2n) is 5.52. The molecule has 0 saturated carbocycles. The van der Waals surface area contributed by atoms with Crippen LogP contribution < -0.4 is 4.74 Å². The Morgan fingerprint density at radius 3 is 2.60 bits per heavy atom. The number of halogens is 4. The van der Waals surface area contributed by atoms with Crippen LogP contribution in [-0.4, -0.2) is 19.3 Å². The average Bonchev–Trinajstić information content (AvgIpc) is 2.89. The summed E-state index contributed by atoms with van der Waals surface area (Å²) < 4.78 is 68.4. The van der Waals surface area contributed by atoms with Gasteiger partial charge in [0.2, 0.25) is 9.84 Å². The molecule has 1 aliphatic rings. The number of aliphatic hydroxyl groups excluding tert-OH is 1. The molecule has 0 heterocycles. The monoisotopic (exact) mass is 392 g/mol. The van der Waals surface area contributed by atoms with Crippen molar-refractivity contribution in [2.24, 2.45) is 0 Å². The Labute approximate surface area is 146 Å². The molecule has 3 rings (SSSR count). The zero-order chi connectivity index (χ0) is 18.4. The first-order valence-electron chi connectivity index (χ1n) is 7.20. The first-order chi connectivity index (χ1) is 11.7. The van der Waals surface area contributed by atoms with Gasteiger partial charge in [0.05, 0.1) is 11.0 Å². The van der Waals surface area contributed by atoms with Crippen molar-refractivity contribution in [1.29, 1.82) is 0 Å². The van der Waals surface area contributed by atoms with Gasteiger partial charge in [0.1, 0.15) is 17.3 Å². The summed E-state index contributed by atoms with van der Waals surface area (Å²) in [5, 5.41) is 10.1. The molecule has 9 heteroatoms. The molecule has 0 radical (unpaired) electrons. The van der Waals surface area contributed by atoms with E-state index in [-0.39, 0.29) is 34.9 Å². The van der Waals surface area contributed by atoms with Gasteiger partial charge in [-0.3, -0.25) is 0 Å². The summed E-state index contributed by atoms with van der Waals surface area (Å²) in [5.74, 6) is -4.01. The van der Waals surface area contributed by atoms with Crippen molar-refractivity contribution in [2.45, 2.75) is 29.6 Å². The lowest BCUT2D eigenvalue weighted by Gasteiger charge is -2.15. The van der Waals surface area contributed by atoms with Crippen LogP contribution >= 0.6 is 11.6 Å². The molecule has 1 atom stereocenters. The van der Waals surface area contributed by atoms with Crippen molar-refractivity contribution in [3.8, 4) is 11.5 Å². The molecule has 0 saturated heterocycles. The van der Waals surface area contributed by atoms with Crippen LogP contribution in [0.2, 0.25) is 5.02 Å². The fourth-order valence-corrected chi connectivity index (χ4v) is 4.05. The highest BCUT2D eigenvalue weighted by molar-refractivity contribution is 7.91. The van der Waals surface area contributed by atoms with Gasteiger partial charge in [-0.05, 0) is 37.1 Å². The summed E-state index contributed by atoms with van der Waals surface area (Å²) in [7, 11) is -4.87. The number of rotatable bonds is 4. The third-order valence-electron chi connectivity index (χ3n) is 3.88. The molecule has 0 bridgehead atoms. The van der Waals surface area contributed by atoms with Gasteiger partial charge in [0.15, 0.2) is 0 Å². The smallest absolute Gasteiger partial charge is 0.341 e. The van der Waals surface area contributed by atoms with Gasteiger partial charge < -0.3 is 9.84 Å². The normalized spacial score (nSPS) is 17.0. The number of aliphatic hydroxyl groups is 1. The minimum Gasteiger partial charge on any atom is -0.457 e. The maximum Gasteiger partial charge on any atom is 0.341 e. The molecule has 25 heavy (non-hydrogen) atoms. The predicted octanol–water partition coefficient (Wildman–Crippen LogP) is 4.25. The molecule has 0 unspecified atom stereocenters. The highest BCUT2D eigenvalue weighted by Gasteiger charge is 2.36. The van der Waals surface area contributed by atoms with Crippen LogP contribution in [0.15, 0.2) is 35.2 Å². The Balaban J connectivity index is 2.09. The lowest BCUT2D eigenvalue weighted by molar-refractivity contribution is 0.176. The van der Waals surface area contributed by atoms with Gasteiger partial charge >= 0.3 is 5.76 Å². The molecule has 0 aromatic heterocycles. The Bertz CT molecular complexity index is 911. The Morgan fingerprint density at radius 2 is 1.96 bits per heavy atom. The van der Waals surface area contributed by atoms with E-state index in [9.17, 15) is 26.7 Å². The largest absolute Gasteiger partial charge is 0.457 e. The van der Waals surface area contributed by atoms with Crippen molar-refractivity contribution < 1.29 is 31.4 Å². The minimum atomic E-state index is -4.87. The number of alkyl halides is 2. The van der Waals surface area contributed by atoms with Crippen molar-refractivity contribution in [3.63, 3.8) is 0 Å². The van der Waals surface area contributed by atoms with E-state index in [0.717, 1.165) is 18.2 Å². The molecule has 1 N–H and O–H groups in total. The molecule has 0 amide bonds. The molecule has 134 valence electrons. The van der Waals surface area contributed by atoms with E-state index in [1.807, 2.05) is 0 Å². The molecule has 0 fully saturated rings. The van der Waals surface area contributed by atoms with Crippen molar-refractivity contribution in [2.75, 3.05) is 0 Å². The second kappa shape index (κ2) is 6.51. The van der Waals surface area contributed by atoms with Gasteiger partial charge in [0, 0.05) is 22.2 Å². The number of hydrogen-bond donors (Lipinski definition) is 1. The van der Waals surface area contributed by atoms with Crippen LogP contribution in [0.4, 0.5) is 13.2 Å². The summed E-state index contributed by atoms with van der Waals surface area (Å²) in [6, 6.07) is 5.69. The van der Waals surface area contributed by atoms with Crippen LogP contribution in [0.5, 0.6) is 11.5 Å². The lowest BCUT2D eigenvalue weighted by Crippen LogP contribution is -2.15. The van der Waals surface area contributed by atoms with E-state index in [1.54, 1.807) is 0 Å². The fourth-order valence-electron chi connectivity index (χ4n) is 2.83. The molecule has 0 aliphatic heterocycles. The Hall–Kier alpha value is -1.77. The number of hydrogen-bond acceptors (Lipinski definition) is 4. The Morgan fingerprint density at radius 1 is 1.24 bits per heavy atom. The molecule has 2 aromatic rings. The quantitative estimate of drug-likeness (QED) is 0.845. The summed E-state index contributed by atoms with van der Waals surface area (Å²) in [4.78, 5) is -0.618. The Kier molecular flexibility index (Phi) is 4.70. The third-order valence-corrected chi connectivity index (χ3v) is 5.54. The predicted molar refractivity (Wildman–Crippen MR) is 84.4 cm³/mol. The number of sulfone groups is 1. The van der Waals surface area contributed by atoms with Crippen LogP contribution in [0, 0.1) is 5.82 Å². The van der Waals surface area contributed by atoms with Crippen molar-refractivity contribution in [3.05, 3.63) is 52.3 Å². The van der Waals surface area contributed by atoms with E-state index in [4.69, 9.17) is 16.3 Å². The summed E-state index contributed by atoms with van der Waals surface area (Å²) in [5.41, 5.74) is 0.204. The first-order valence-corrected chi connectivity index (χ1v) is 9.12. The molecule has 2 aromatic carbocycles. The van der Waals surface area contributed by atoms with Crippen molar-refractivity contribution in [1.82, 2.24) is 0 Å². The molecular formula is C16H12ClF3O4S. The maximum atomic E-state index is 13.4. The van der Waals surface area contributed by atoms with Crippen LogP contribution in [0.25, 0.3) is 0 Å². The van der Waals surface area contributed by atoms with Crippen LogP contribution in [0.1, 0.15) is 23.7 Å². The topological polar surface area (TPSA) is 63.6 Å². The third kappa shape index (κ3) is 3.33. The first kappa shape index (κ1) is 18.0. The highest BCUT2D eigenvalue weighted by Crippen LogP contribution is 2.43. The molecule has 4 nitrogen and oxygen atoms in total. The molecule has 1 aliphatic carbocycles. The van der Waals surface area contributed by atoms with Gasteiger partial charge in [-0.2, -0.15) is 8.78 Å². The second-order valence-corrected chi connectivity index (χ2v) is 7.84. The molecule has 0 spiro atoms. The summed E-state index contributed by atoms with van der Waals surface area (Å²) in [6.45, 7) is 0.